The maximum absolute atomic E-state index is 13.6. The Labute approximate surface area is 205 Å². The highest BCUT2D eigenvalue weighted by Gasteiger charge is 2.34. The van der Waals surface area contributed by atoms with Crippen LogP contribution in [0.3, 0.4) is 0 Å². The van der Waals surface area contributed by atoms with Crippen molar-refractivity contribution in [3.8, 4) is 17.2 Å². The van der Waals surface area contributed by atoms with E-state index in [1.54, 1.807) is 50.2 Å². The largest absolute Gasteiger partial charge is 0.494 e. The van der Waals surface area contributed by atoms with Gasteiger partial charge in [0.25, 0.3) is 0 Å². The lowest BCUT2D eigenvalue weighted by Gasteiger charge is -2.21. The molecule has 1 saturated heterocycles. The van der Waals surface area contributed by atoms with Gasteiger partial charge in [-0.3, -0.25) is 4.57 Å². The number of sulfone groups is 1. The Balaban J connectivity index is 1.76. The molecule has 0 aliphatic carbocycles. The first-order chi connectivity index (χ1) is 16.8. The van der Waals surface area contributed by atoms with Gasteiger partial charge in [-0.05, 0) is 38.0 Å². The maximum atomic E-state index is 13.6. The topological polar surface area (TPSA) is 118 Å². The summed E-state index contributed by atoms with van der Waals surface area (Å²) in [5.41, 5.74) is 1.48. The van der Waals surface area contributed by atoms with E-state index in [2.05, 4.69) is 20.2 Å². The smallest absolute Gasteiger partial charge is 0.160 e. The van der Waals surface area contributed by atoms with Gasteiger partial charge < -0.3 is 14.2 Å². The van der Waals surface area contributed by atoms with Gasteiger partial charge in [0.1, 0.15) is 34.6 Å². The molecular formula is C24H31N5O5S. The molecule has 0 radical (unpaired) electrons. The molecule has 1 aromatic carbocycles. The van der Waals surface area contributed by atoms with Gasteiger partial charge in [0, 0.05) is 30.8 Å². The third-order valence-corrected chi connectivity index (χ3v) is 8.69. The summed E-state index contributed by atoms with van der Waals surface area (Å²) in [5.74, 6) is 1.72. The van der Waals surface area contributed by atoms with Crippen molar-refractivity contribution in [2.75, 3.05) is 27.4 Å². The van der Waals surface area contributed by atoms with E-state index < -0.39 is 21.0 Å². The molecule has 0 N–H and O–H groups in total. The molecule has 4 rings (SSSR count). The number of hydrogen-bond acceptors (Lipinski definition) is 9. The Morgan fingerprint density at radius 2 is 1.77 bits per heavy atom. The van der Waals surface area contributed by atoms with Crippen LogP contribution in [0.2, 0.25) is 0 Å². The molecule has 10 nitrogen and oxygen atoms in total. The van der Waals surface area contributed by atoms with Gasteiger partial charge >= 0.3 is 0 Å². The molecule has 1 fully saturated rings. The van der Waals surface area contributed by atoms with Crippen LogP contribution < -0.4 is 9.47 Å². The van der Waals surface area contributed by atoms with Crippen LogP contribution in [-0.2, 0) is 20.3 Å². The molecule has 0 amide bonds. The number of aromatic nitrogens is 5. The summed E-state index contributed by atoms with van der Waals surface area (Å²) in [7, 11) is -0.550. The number of methoxy groups -OCH3 is 2. The molecule has 0 unspecified atom stereocenters. The Kier molecular flexibility index (Phi) is 7.36. The van der Waals surface area contributed by atoms with Gasteiger partial charge in [-0.2, -0.15) is 0 Å². The van der Waals surface area contributed by atoms with E-state index in [0.29, 0.717) is 47.9 Å². The number of aryl methyl sites for hydroxylation is 1. The number of hydrogen-bond donors (Lipinski definition) is 0. The first-order valence-corrected chi connectivity index (χ1v) is 13.2. The third-order valence-electron chi connectivity index (χ3n) is 6.48. The van der Waals surface area contributed by atoms with Crippen molar-refractivity contribution in [1.29, 1.82) is 0 Å². The second-order valence-electron chi connectivity index (χ2n) is 8.80. The minimum atomic E-state index is -3.67. The predicted molar refractivity (Wildman–Crippen MR) is 130 cm³/mol. The van der Waals surface area contributed by atoms with Crippen LogP contribution in [0.5, 0.6) is 11.5 Å². The second kappa shape index (κ2) is 10.3. The summed E-state index contributed by atoms with van der Waals surface area (Å²) in [6.45, 7) is 6.49. The van der Waals surface area contributed by atoms with Gasteiger partial charge in [-0.15, -0.1) is 10.2 Å². The van der Waals surface area contributed by atoms with Crippen LogP contribution in [0.15, 0.2) is 30.6 Å². The van der Waals surface area contributed by atoms with Gasteiger partial charge in [0.05, 0.1) is 26.1 Å². The van der Waals surface area contributed by atoms with Crippen LogP contribution in [-0.4, -0.2) is 65.8 Å². The third kappa shape index (κ3) is 5.01. The highest BCUT2D eigenvalue weighted by atomic mass is 32.2. The first-order valence-electron chi connectivity index (χ1n) is 11.5. The van der Waals surface area contributed by atoms with E-state index in [-0.39, 0.29) is 11.7 Å². The van der Waals surface area contributed by atoms with E-state index in [4.69, 9.17) is 14.2 Å². The quantitative estimate of drug-likeness (QED) is 0.436. The summed E-state index contributed by atoms with van der Waals surface area (Å²) in [4.78, 5) is 8.66. The summed E-state index contributed by atoms with van der Waals surface area (Å²) in [6.07, 6.45) is 4.15. The lowest BCUT2D eigenvalue weighted by atomic mass is 10.1. The van der Waals surface area contributed by atoms with E-state index in [1.807, 2.05) is 19.9 Å². The van der Waals surface area contributed by atoms with Gasteiger partial charge in [0.2, 0.25) is 0 Å². The fraction of sp³-hybridized carbons (Fsp3) is 0.500. The maximum Gasteiger partial charge on any atom is 0.160 e. The fourth-order valence-corrected chi connectivity index (χ4v) is 5.75. The van der Waals surface area contributed by atoms with Gasteiger partial charge in [-0.25, -0.2) is 18.4 Å². The molecule has 11 heteroatoms. The molecule has 35 heavy (non-hydrogen) atoms. The lowest BCUT2D eigenvalue weighted by molar-refractivity contribution is 0.193. The normalized spacial score (nSPS) is 17.8. The number of para-hydroxylation sites is 1. The van der Waals surface area contributed by atoms with Crippen LogP contribution in [0.25, 0.3) is 5.69 Å². The molecule has 0 spiro atoms. The number of ether oxygens (including phenoxy) is 3. The van der Waals surface area contributed by atoms with Crippen LogP contribution in [0.4, 0.5) is 0 Å². The minimum Gasteiger partial charge on any atom is -0.494 e. The molecule has 3 atom stereocenters. The second-order valence-corrected chi connectivity index (χ2v) is 11.2. The summed E-state index contributed by atoms with van der Waals surface area (Å²) < 4.78 is 45.7. The molecule has 0 bridgehead atoms. The summed E-state index contributed by atoms with van der Waals surface area (Å²) in [5, 5.41) is 8.01. The Bertz CT molecular complexity index is 1250. The zero-order valence-electron chi connectivity index (χ0n) is 20.6. The average Bonchev–Trinajstić information content (AvgIpc) is 3.52. The van der Waals surface area contributed by atoms with E-state index in [9.17, 15) is 8.42 Å². The van der Waals surface area contributed by atoms with Crippen molar-refractivity contribution in [3.05, 3.63) is 53.6 Å². The SMILES string of the molecule is COc1cccc(OC)c1-n1c(CS(=O)(=O)[C@@H](C)[C@H](C)c2ncc(C)cn2)nnc1[C@H]1CCOC1. The van der Waals surface area contributed by atoms with Crippen LogP contribution in [0, 0.1) is 6.92 Å². The van der Waals surface area contributed by atoms with Gasteiger partial charge in [0.15, 0.2) is 15.7 Å². The fourth-order valence-electron chi connectivity index (χ4n) is 4.19. The molecule has 1 aliphatic rings. The van der Waals surface area contributed by atoms with E-state index >= 15 is 0 Å². The van der Waals surface area contributed by atoms with Crippen molar-refractivity contribution in [1.82, 2.24) is 24.7 Å². The standard InChI is InChI=1S/C24H31N5O5S/c1-15-11-25-23(26-12-15)16(2)17(3)35(30,31)14-21-27-28-24(18-9-10-34-13-18)29(21)22-19(32-4)7-6-8-20(22)33-5/h6-8,11-12,16-18H,9-10,13-14H2,1-5H3/t16-,17-,18-/m0/s1. The highest BCUT2D eigenvalue weighted by molar-refractivity contribution is 7.91. The molecule has 3 aromatic rings. The monoisotopic (exact) mass is 501 g/mol. The van der Waals surface area contributed by atoms with E-state index in [0.717, 1.165) is 12.0 Å². The molecule has 3 heterocycles. The Morgan fingerprint density at radius 1 is 1.11 bits per heavy atom. The van der Waals surface area contributed by atoms with Crippen molar-refractivity contribution in [2.45, 2.75) is 50.0 Å². The first kappa shape index (κ1) is 25.1. The van der Waals surface area contributed by atoms with Gasteiger partial charge in [-0.1, -0.05) is 13.0 Å². The highest BCUT2D eigenvalue weighted by Crippen LogP contribution is 2.37. The van der Waals surface area contributed by atoms with Crippen LogP contribution >= 0.6 is 0 Å². The van der Waals surface area contributed by atoms with Crippen molar-refractivity contribution < 1.29 is 22.6 Å². The number of rotatable bonds is 9. The predicted octanol–water partition coefficient (Wildman–Crippen LogP) is 2.99. The van der Waals surface area contributed by atoms with E-state index in [1.165, 1.54) is 0 Å². The molecule has 0 saturated carbocycles. The zero-order chi connectivity index (χ0) is 25.2. The Hall–Kier alpha value is -3.05. The average molecular weight is 502 g/mol. The Morgan fingerprint density at radius 3 is 2.34 bits per heavy atom. The van der Waals surface area contributed by atoms with Crippen LogP contribution in [0.1, 0.15) is 55.1 Å². The molecule has 1 aliphatic heterocycles. The summed E-state index contributed by atoms with van der Waals surface area (Å²) in [6, 6.07) is 5.40. The van der Waals surface area contributed by atoms with Crippen molar-refractivity contribution >= 4 is 9.84 Å². The zero-order valence-corrected chi connectivity index (χ0v) is 21.4. The minimum absolute atomic E-state index is 0.0223. The summed E-state index contributed by atoms with van der Waals surface area (Å²) >= 11 is 0. The molecule has 188 valence electrons. The molecular weight excluding hydrogens is 470 g/mol. The molecule has 2 aromatic heterocycles. The lowest BCUT2D eigenvalue weighted by Crippen LogP contribution is -2.27. The van der Waals surface area contributed by atoms with Crippen molar-refractivity contribution in [3.63, 3.8) is 0 Å². The number of benzene rings is 1. The number of nitrogens with zero attached hydrogens (tertiary/aromatic N) is 5. The van der Waals surface area contributed by atoms with Crippen molar-refractivity contribution in [2.24, 2.45) is 0 Å².